The number of rotatable bonds is 5. The van der Waals surface area contributed by atoms with Gasteiger partial charge in [-0.3, -0.25) is 14.9 Å². The summed E-state index contributed by atoms with van der Waals surface area (Å²) in [6, 6.07) is -1.14. The van der Waals surface area contributed by atoms with Crippen LogP contribution in [0.1, 0.15) is 54.4 Å². The number of likely N-dealkylation sites (tertiary alicyclic amines) is 1. The van der Waals surface area contributed by atoms with Crippen LogP contribution < -0.4 is 5.32 Å². The van der Waals surface area contributed by atoms with E-state index in [9.17, 15) is 19.2 Å². The van der Waals surface area contributed by atoms with Crippen LogP contribution in [0, 0.1) is 0 Å². The molecule has 8 heteroatoms. The fraction of sp³-hybridized carbons (Fsp3) is 0.600. The number of hydrogen-bond acceptors (Lipinski definition) is 6. The van der Waals surface area contributed by atoms with Crippen LogP contribution in [-0.2, 0) is 19.1 Å². The van der Waals surface area contributed by atoms with E-state index in [0.29, 0.717) is 0 Å². The van der Waals surface area contributed by atoms with Crippen molar-refractivity contribution in [2.75, 3.05) is 0 Å². The van der Waals surface area contributed by atoms with E-state index in [1.807, 2.05) is 0 Å². The van der Waals surface area contributed by atoms with Gasteiger partial charge in [0.05, 0.1) is 0 Å². The highest BCUT2D eigenvalue weighted by molar-refractivity contribution is 6.24. The number of Topliss-reactive ketones (excluding diaryl/α,β-unsaturated/α-hetero) is 1. The van der Waals surface area contributed by atoms with Crippen LogP contribution >= 0.6 is 0 Å². The maximum absolute atomic E-state index is 13.2. The molecule has 28 heavy (non-hydrogen) atoms. The van der Waals surface area contributed by atoms with Gasteiger partial charge in [-0.1, -0.05) is 12.2 Å². The fourth-order valence-electron chi connectivity index (χ4n) is 2.79. The Hall–Kier alpha value is -2.64. The third kappa shape index (κ3) is 5.21. The van der Waals surface area contributed by atoms with Crippen molar-refractivity contribution in [1.82, 2.24) is 10.2 Å². The summed E-state index contributed by atoms with van der Waals surface area (Å²) in [6.45, 7) is 17.0. The minimum atomic E-state index is -1.99. The normalized spacial score (nSPS) is 22.6. The zero-order valence-corrected chi connectivity index (χ0v) is 17.5. The van der Waals surface area contributed by atoms with E-state index in [4.69, 9.17) is 9.47 Å². The third-order valence-corrected chi connectivity index (χ3v) is 3.76. The molecule has 1 rings (SSSR count). The Morgan fingerprint density at radius 2 is 1.61 bits per heavy atom. The van der Waals surface area contributed by atoms with Gasteiger partial charge in [-0.25, -0.2) is 14.5 Å². The van der Waals surface area contributed by atoms with Crippen molar-refractivity contribution in [3.8, 4) is 0 Å². The van der Waals surface area contributed by atoms with Gasteiger partial charge in [0.25, 0.3) is 5.91 Å². The predicted octanol–water partition coefficient (Wildman–Crippen LogP) is 3.12. The summed E-state index contributed by atoms with van der Waals surface area (Å²) in [5, 5.41) is 2.37. The average molecular weight is 394 g/mol. The maximum atomic E-state index is 13.2. The van der Waals surface area contributed by atoms with E-state index in [1.54, 1.807) is 41.5 Å². The molecule has 0 spiro atoms. The van der Waals surface area contributed by atoms with E-state index in [-0.39, 0.29) is 12.8 Å². The van der Waals surface area contributed by atoms with Crippen molar-refractivity contribution < 1.29 is 28.7 Å². The Morgan fingerprint density at radius 1 is 1.07 bits per heavy atom. The van der Waals surface area contributed by atoms with Crippen LogP contribution in [0.2, 0.25) is 0 Å². The topological polar surface area (TPSA) is 102 Å². The molecule has 0 aromatic rings. The highest BCUT2D eigenvalue weighted by Crippen LogP contribution is 2.32. The molecule has 1 saturated heterocycles. The van der Waals surface area contributed by atoms with Crippen molar-refractivity contribution in [2.45, 2.75) is 77.2 Å². The lowest BCUT2D eigenvalue weighted by atomic mass is 9.89. The summed E-state index contributed by atoms with van der Waals surface area (Å²) in [5.74, 6) is -1.53. The van der Waals surface area contributed by atoms with E-state index in [1.165, 1.54) is 12.2 Å². The molecule has 1 heterocycles. The fourth-order valence-corrected chi connectivity index (χ4v) is 2.79. The molecule has 0 radical (unpaired) electrons. The number of ketones is 1. The third-order valence-electron chi connectivity index (χ3n) is 3.76. The molecule has 1 aliphatic heterocycles. The van der Waals surface area contributed by atoms with Crippen LogP contribution in [-0.4, -0.2) is 51.6 Å². The first kappa shape index (κ1) is 23.4. The van der Waals surface area contributed by atoms with Crippen molar-refractivity contribution in [2.24, 2.45) is 0 Å². The average Bonchev–Trinajstić information content (AvgIpc) is 2.67. The highest BCUT2D eigenvalue weighted by Gasteiger charge is 2.62. The van der Waals surface area contributed by atoms with E-state index < -0.39 is 46.7 Å². The second-order valence-corrected chi connectivity index (χ2v) is 8.58. The Bertz CT molecular complexity index is 686. The summed E-state index contributed by atoms with van der Waals surface area (Å²) in [5.41, 5.74) is -3.70. The first-order chi connectivity index (χ1) is 12.7. The van der Waals surface area contributed by atoms with Gasteiger partial charge in [0, 0.05) is 6.42 Å². The minimum absolute atomic E-state index is 0.0265. The number of imide groups is 1. The SMILES string of the molecule is C=CCC1C(=O)C(CC=C)(NC(=O)OC(C)(C)C)C(=O)N1C(=O)OC(C)(C)C. The van der Waals surface area contributed by atoms with Gasteiger partial charge >= 0.3 is 12.2 Å². The van der Waals surface area contributed by atoms with Crippen LogP contribution in [0.15, 0.2) is 25.3 Å². The quantitative estimate of drug-likeness (QED) is 0.568. The summed E-state index contributed by atoms with van der Waals surface area (Å²) < 4.78 is 10.5. The van der Waals surface area contributed by atoms with E-state index in [2.05, 4.69) is 18.5 Å². The maximum Gasteiger partial charge on any atom is 0.417 e. The summed E-state index contributed by atoms with van der Waals surface area (Å²) in [4.78, 5) is 52.1. The van der Waals surface area contributed by atoms with Crippen molar-refractivity contribution in [1.29, 1.82) is 0 Å². The lowest BCUT2D eigenvalue weighted by Crippen LogP contribution is -2.59. The first-order valence-electron chi connectivity index (χ1n) is 9.02. The number of carbonyl (C=O) groups excluding carboxylic acids is 4. The molecule has 0 bridgehead atoms. The molecule has 1 N–H and O–H groups in total. The van der Waals surface area contributed by atoms with Gasteiger partial charge in [-0.15, -0.1) is 13.2 Å². The van der Waals surface area contributed by atoms with Crippen LogP contribution in [0.4, 0.5) is 9.59 Å². The molecular weight excluding hydrogens is 364 g/mol. The Morgan fingerprint density at radius 3 is 2.04 bits per heavy atom. The number of alkyl carbamates (subject to hydrolysis) is 1. The zero-order chi connectivity index (χ0) is 21.9. The Kier molecular flexibility index (Phi) is 6.82. The van der Waals surface area contributed by atoms with Crippen molar-refractivity contribution >= 4 is 23.9 Å². The molecule has 0 saturated carbocycles. The molecule has 0 aliphatic carbocycles. The van der Waals surface area contributed by atoms with E-state index >= 15 is 0 Å². The molecule has 1 fully saturated rings. The van der Waals surface area contributed by atoms with Gasteiger partial charge in [-0.05, 0) is 48.0 Å². The lowest BCUT2D eigenvalue weighted by Gasteiger charge is -2.28. The summed E-state index contributed by atoms with van der Waals surface area (Å²) in [7, 11) is 0. The first-order valence-corrected chi connectivity index (χ1v) is 9.02. The monoisotopic (exact) mass is 394 g/mol. The highest BCUT2D eigenvalue weighted by atomic mass is 16.6. The summed E-state index contributed by atoms with van der Waals surface area (Å²) >= 11 is 0. The number of hydrogen-bond donors (Lipinski definition) is 1. The van der Waals surface area contributed by atoms with Crippen LogP contribution in [0.5, 0.6) is 0 Å². The molecule has 3 amide bonds. The number of nitrogens with zero attached hydrogens (tertiary/aromatic N) is 1. The zero-order valence-electron chi connectivity index (χ0n) is 17.5. The van der Waals surface area contributed by atoms with E-state index in [0.717, 1.165) is 4.90 Å². The smallest absolute Gasteiger partial charge is 0.417 e. The van der Waals surface area contributed by atoms with Crippen molar-refractivity contribution in [3.05, 3.63) is 25.3 Å². The van der Waals surface area contributed by atoms with Gasteiger partial charge < -0.3 is 9.47 Å². The Labute approximate surface area is 165 Å². The molecule has 2 atom stereocenters. The van der Waals surface area contributed by atoms with Crippen molar-refractivity contribution in [3.63, 3.8) is 0 Å². The van der Waals surface area contributed by atoms with Gasteiger partial charge in [-0.2, -0.15) is 0 Å². The lowest BCUT2D eigenvalue weighted by molar-refractivity contribution is -0.134. The van der Waals surface area contributed by atoms with Gasteiger partial charge in [0.1, 0.15) is 17.2 Å². The predicted molar refractivity (Wildman–Crippen MR) is 104 cm³/mol. The molecule has 156 valence electrons. The van der Waals surface area contributed by atoms with Crippen LogP contribution in [0.3, 0.4) is 0 Å². The second-order valence-electron chi connectivity index (χ2n) is 8.58. The Balaban J connectivity index is 3.36. The largest absolute Gasteiger partial charge is 0.444 e. The molecular formula is C20H30N2O6. The molecule has 2 unspecified atom stereocenters. The molecule has 0 aromatic carbocycles. The standard InChI is InChI=1S/C20H30N2O6/c1-9-11-13-14(23)20(12-10-2,21-16(25)27-18(3,4)5)15(24)22(13)17(26)28-19(6,7)8/h9-10,13H,1-2,11-12H2,3-8H3,(H,21,25). The number of nitrogens with one attached hydrogen (secondary N) is 1. The number of amides is 3. The molecule has 8 nitrogen and oxygen atoms in total. The van der Waals surface area contributed by atoms with Crippen LogP contribution in [0.25, 0.3) is 0 Å². The number of ether oxygens (including phenoxy) is 2. The van der Waals surface area contributed by atoms with Gasteiger partial charge in [0.2, 0.25) is 0 Å². The molecule has 0 aromatic heterocycles. The summed E-state index contributed by atoms with van der Waals surface area (Å²) in [6.07, 6.45) is 0.672. The molecule has 1 aliphatic rings. The van der Waals surface area contributed by atoms with Gasteiger partial charge in [0.15, 0.2) is 11.3 Å². The number of carbonyl (C=O) groups is 4. The minimum Gasteiger partial charge on any atom is -0.444 e. The second kappa shape index (κ2) is 8.16.